The zero-order valence-corrected chi connectivity index (χ0v) is 27.1. The maximum Gasteiger partial charge on any atom is 0.122 e. The van der Waals surface area contributed by atoms with Gasteiger partial charge in [-0.2, -0.15) is 0 Å². The summed E-state index contributed by atoms with van der Waals surface area (Å²) in [7, 11) is 1.71. The van der Waals surface area contributed by atoms with Crippen molar-refractivity contribution in [2.45, 2.75) is 80.1 Å². The van der Waals surface area contributed by atoms with Gasteiger partial charge in [-0.3, -0.25) is 0 Å². The second-order valence-corrected chi connectivity index (χ2v) is 11.6. The highest BCUT2D eigenvalue weighted by atomic mass is 16.5. The lowest BCUT2D eigenvalue weighted by Crippen LogP contribution is -1.99. The first kappa shape index (κ1) is 37.9. The van der Waals surface area contributed by atoms with Crippen LogP contribution in [0.3, 0.4) is 0 Å². The normalized spacial score (nSPS) is 11.8. The van der Waals surface area contributed by atoms with Crippen LogP contribution in [-0.2, 0) is 6.42 Å². The van der Waals surface area contributed by atoms with Crippen LogP contribution in [0, 0.1) is 6.92 Å². The molecule has 0 heterocycles. The first-order valence-electron chi connectivity index (χ1n) is 16.0. The molecule has 0 aliphatic heterocycles. The lowest BCUT2D eigenvalue weighted by atomic mass is 9.90. The Morgan fingerprint density at radius 3 is 2.17 bits per heavy atom. The molecule has 0 N–H and O–H groups in total. The predicted octanol–water partition coefficient (Wildman–Crippen LogP) is 12.8. The van der Waals surface area contributed by atoms with Crippen molar-refractivity contribution in [2.24, 2.45) is 0 Å². The van der Waals surface area contributed by atoms with Crippen LogP contribution in [0.5, 0.6) is 11.5 Å². The quantitative estimate of drug-likeness (QED) is 0.139. The van der Waals surface area contributed by atoms with Gasteiger partial charge in [0.15, 0.2) is 0 Å². The molecule has 0 unspecified atom stereocenters. The number of hydrogen-bond donors (Lipinski definition) is 0. The summed E-state index contributed by atoms with van der Waals surface area (Å²) in [6, 6.07) is 40.7. The lowest BCUT2D eigenvalue weighted by molar-refractivity contribution is 0.338. The van der Waals surface area contributed by atoms with Crippen molar-refractivity contribution in [3.8, 4) is 11.5 Å². The molecule has 0 radical (unpaired) electrons. The Morgan fingerprint density at radius 2 is 1.43 bits per heavy atom. The molecule has 0 saturated carbocycles. The fourth-order valence-corrected chi connectivity index (χ4v) is 5.65. The molecule has 2 atom stereocenters. The Hall–Kier alpha value is -4.30. The van der Waals surface area contributed by atoms with Gasteiger partial charge in [0, 0.05) is 0 Å². The van der Waals surface area contributed by atoms with Gasteiger partial charge < -0.3 is 9.47 Å². The van der Waals surface area contributed by atoms with Crippen LogP contribution in [0.1, 0.15) is 94.5 Å². The molecule has 46 heavy (non-hydrogen) atoms. The number of aryl methyl sites for hydroxylation is 2. The molecule has 5 aromatic carbocycles. The van der Waals surface area contributed by atoms with Crippen molar-refractivity contribution >= 4 is 16.8 Å². The number of benzene rings is 5. The smallest absolute Gasteiger partial charge is 0.122 e. The van der Waals surface area contributed by atoms with Crippen molar-refractivity contribution in [3.05, 3.63) is 149 Å². The van der Waals surface area contributed by atoms with E-state index < -0.39 is 0 Å². The van der Waals surface area contributed by atoms with Crippen molar-refractivity contribution in [2.75, 3.05) is 13.7 Å². The van der Waals surface area contributed by atoms with E-state index in [1.165, 1.54) is 38.6 Å². The second kappa shape index (κ2) is 20.0. The third kappa shape index (κ3) is 11.2. The van der Waals surface area contributed by atoms with Gasteiger partial charge in [0.2, 0.25) is 0 Å². The summed E-state index contributed by atoms with van der Waals surface area (Å²) in [6.45, 7) is 9.48. The summed E-state index contributed by atoms with van der Waals surface area (Å²) < 4.78 is 10.9. The fourth-order valence-electron chi connectivity index (χ4n) is 5.65. The van der Waals surface area contributed by atoms with E-state index >= 15 is 0 Å². The summed E-state index contributed by atoms with van der Waals surface area (Å²) in [5.41, 5.74) is 6.69. The maximum atomic E-state index is 5.63. The zero-order valence-electron chi connectivity index (χ0n) is 27.1. The third-order valence-electron chi connectivity index (χ3n) is 8.30. The third-order valence-corrected chi connectivity index (χ3v) is 8.30. The minimum atomic E-state index is 0. The van der Waals surface area contributed by atoms with Crippen molar-refractivity contribution < 1.29 is 9.47 Å². The van der Waals surface area contributed by atoms with E-state index in [9.17, 15) is 0 Å². The molecule has 0 aliphatic rings. The first-order chi connectivity index (χ1) is 21.5. The van der Waals surface area contributed by atoms with E-state index in [1.807, 2.05) is 19.1 Å². The van der Waals surface area contributed by atoms with Gasteiger partial charge in [0.1, 0.15) is 11.5 Å². The monoisotopic (exact) mass is 616 g/mol. The Morgan fingerprint density at radius 1 is 0.717 bits per heavy atom. The van der Waals surface area contributed by atoms with Crippen LogP contribution in [0.25, 0.3) is 16.8 Å². The zero-order chi connectivity index (χ0) is 31.1. The average Bonchev–Trinajstić information content (AvgIpc) is 3.07. The Kier molecular flexibility index (Phi) is 16.4. The van der Waals surface area contributed by atoms with E-state index in [2.05, 4.69) is 136 Å². The number of methoxy groups -OCH3 is 1. The molecular formula is C44H56O2. The minimum Gasteiger partial charge on any atom is -0.497 e. The molecule has 0 spiro atoms. The van der Waals surface area contributed by atoms with Gasteiger partial charge >= 0.3 is 0 Å². The van der Waals surface area contributed by atoms with Crippen LogP contribution < -0.4 is 9.47 Å². The summed E-state index contributed by atoms with van der Waals surface area (Å²) in [5.74, 6) is 3.03. The number of hydrogen-bond acceptors (Lipinski definition) is 2. The van der Waals surface area contributed by atoms with Crippen molar-refractivity contribution in [1.29, 1.82) is 0 Å². The highest BCUT2D eigenvalue weighted by Crippen LogP contribution is 2.29. The molecule has 2 heteroatoms. The topological polar surface area (TPSA) is 18.5 Å². The highest BCUT2D eigenvalue weighted by Gasteiger charge is 2.10. The number of allylic oxidation sites excluding steroid dienone is 1. The van der Waals surface area contributed by atoms with Gasteiger partial charge in [0.05, 0.1) is 13.7 Å². The maximum absolute atomic E-state index is 5.63. The number of fused-ring (bicyclic) bond motifs is 1. The van der Waals surface area contributed by atoms with E-state index in [4.69, 9.17) is 9.47 Å². The largest absolute Gasteiger partial charge is 0.497 e. The van der Waals surface area contributed by atoms with Crippen LogP contribution in [-0.4, -0.2) is 13.7 Å². The van der Waals surface area contributed by atoms with Gasteiger partial charge in [0.25, 0.3) is 0 Å². The summed E-state index contributed by atoms with van der Waals surface area (Å²) in [5, 5.41) is 2.72. The van der Waals surface area contributed by atoms with E-state index in [0.717, 1.165) is 43.8 Å². The molecule has 244 valence electrons. The second-order valence-electron chi connectivity index (χ2n) is 11.6. The minimum absolute atomic E-state index is 0. The molecule has 0 saturated heterocycles. The predicted molar refractivity (Wildman–Crippen MR) is 203 cm³/mol. The molecule has 0 fully saturated rings. The number of ether oxygens (including phenoxy) is 2. The molecule has 5 aromatic rings. The fraction of sp³-hybridized carbons (Fsp3) is 0.318. The summed E-state index contributed by atoms with van der Waals surface area (Å²) >= 11 is 0. The summed E-state index contributed by atoms with van der Waals surface area (Å²) in [6.07, 6.45) is 8.94. The Labute approximate surface area is 280 Å². The highest BCUT2D eigenvalue weighted by molar-refractivity contribution is 5.86. The van der Waals surface area contributed by atoms with Gasteiger partial charge in [-0.15, -0.1) is 0 Å². The van der Waals surface area contributed by atoms with Crippen LogP contribution in [0.4, 0.5) is 0 Å². The molecule has 0 bridgehead atoms. The SMILES string of the molecule is C.C.CCOc1ccc(CC[C@H](C)c2cccc3ccccc23)cc1C.COc1cccc([C@@H](C)CC/C=C/c2ccccc2)c1. The van der Waals surface area contributed by atoms with E-state index in [-0.39, 0.29) is 14.9 Å². The molecule has 0 aliphatic carbocycles. The Balaban J connectivity index is 0.000000312. The number of rotatable bonds is 12. The van der Waals surface area contributed by atoms with Crippen LogP contribution in [0.2, 0.25) is 0 Å². The molecule has 0 amide bonds. The van der Waals surface area contributed by atoms with E-state index in [1.54, 1.807) is 7.11 Å². The van der Waals surface area contributed by atoms with Crippen molar-refractivity contribution in [3.63, 3.8) is 0 Å². The van der Waals surface area contributed by atoms with Crippen LogP contribution >= 0.6 is 0 Å². The lowest BCUT2D eigenvalue weighted by Gasteiger charge is -2.15. The summed E-state index contributed by atoms with van der Waals surface area (Å²) in [4.78, 5) is 0. The van der Waals surface area contributed by atoms with E-state index in [0.29, 0.717) is 11.8 Å². The first-order valence-corrected chi connectivity index (χ1v) is 16.0. The van der Waals surface area contributed by atoms with Gasteiger partial charge in [-0.1, -0.05) is 138 Å². The average molecular weight is 617 g/mol. The van der Waals surface area contributed by atoms with Gasteiger partial charge in [-0.25, -0.2) is 0 Å². The molecular weight excluding hydrogens is 560 g/mol. The molecule has 5 rings (SSSR count). The van der Waals surface area contributed by atoms with Gasteiger partial charge in [-0.05, 0) is 108 Å². The van der Waals surface area contributed by atoms with Crippen LogP contribution in [0.15, 0.2) is 121 Å². The van der Waals surface area contributed by atoms with Crippen molar-refractivity contribution in [1.82, 2.24) is 0 Å². The molecule has 0 aromatic heterocycles. The standard InChI is InChI=1S/C23H26O.C19H22O.2CH4/c1-4-24-23-15-14-19(16-18(23)3)13-12-17(2)21-11-7-9-20-8-5-6-10-22(20)21;1-16(18-13-8-14-19(15-18)20-2)9-6-7-12-17-10-4-3-5-11-17;;/h5-11,14-17H,4,12-13H2,1-3H3;3-5,7-8,10-16H,6,9H2,1-2H3;2*1H4/b;12-7+;;/t17-;16-;;/m00../s1. The Bertz CT molecular complexity index is 1600. The molecule has 2 nitrogen and oxygen atoms in total.